The molecule has 6 nitrogen and oxygen atoms in total. The van der Waals surface area contributed by atoms with Crippen LogP contribution >= 0.6 is 11.3 Å². The normalized spacial score (nSPS) is 10.3. The van der Waals surface area contributed by atoms with Gasteiger partial charge in [-0.15, -0.1) is 11.3 Å². The van der Waals surface area contributed by atoms with E-state index < -0.39 is 0 Å². The molecule has 0 radical (unpaired) electrons. The van der Waals surface area contributed by atoms with Crippen molar-refractivity contribution in [1.29, 1.82) is 0 Å². The number of amides is 1. The van der Waals surface area contributed by atoms with Crippen LogP contribution in [0.4, 0.5) is 5.13 Å². The minimum absolute atomic E-state index is 0.289. The third-order valence-corrected chi connectivity index (χ3v) is 3.87. The maximum absolute atomic E-state index is 12.4. The largest absolute Gasteiger partial charge is 0.497 e. The number of anilines is 1. The van der Waals surface area contributed by atoms with Gasteiger partial charge >= 0.3 is 0 Å². The Bertz CT molecular complexity index is 789. The molecule has 0 fully saturated rings. The Hall–Kier alpha value is -2.80. The standard InChI is InChI=1S/C16H14N2O4S/c1-20-11-6-10(7-12(8-11)21-2)15(19)18-16-17-13(9-23-16)14-4-3-5-22-14/h3-9H,1-2H3,(H,17,18,19). The Labute approximate surface area is 136 Å². The fourth-order valence-corrected chi connectivity index (χ4v) is 2.67. The van der Waals surface area contributed by atoms with Crippen LogP contribution in [0.15, 0.2) is 46.4 Å². The second kappa shape index (κ2) is 6.53. The number of carbonyl (C=O) groups is 1. The highest BCUT2D eigenvalue weighted by atomic mass is 32.1. The van der Waals surface area contributed by atoms with E-state index in [2.05, 4.69) is 10.3 Å². The van der Waals surface area contributed by atoms with E-state index in [9.17, 15) is 4.79 Å². The van der Waals surface area contributed by atoms with Crippen LogP contribution in [-0.2, 0) is 0 Å². The molecule has 0 aliphatic carbocycles. The molecule has 0 saturated heterocycles. The highest BCUT2D eigenvalue weighted by Crippen LogP contribution is 2.27. The van der Waals surface area contributed by atoms with Crippen molar-refractivity contribution >= 4 is 22.4 Å². The van der Waals surface area contributed by atoms with Gasteiger partial charge in [0, 0.05) is 17.0 Å². The second-order valence-corrected chi connectivity index (χ2v) is 5.43. The summed E-state index contributed by atoms with van der Waals surface area (Å²) in [7, 11) is 3.07. The number of hydrogen-bond donors (Lipinski definition) is 1. The molecule has 7 heteroatoms. The number of ether oxygens (including phenoxy) is 2. The third-order valence-electron chi connectivity index (χ3n) is 3.11. The summed E-state index contributed by atoms with van der Waals surface area (Å²) in [6.07, 6.45) is 1.58. The van der Waals surface area contributed by atoms with E-state index in [1.807, 2.05) is 11.4 Å². The third kappa shape index (κ3) is 3.35. The zero-order chi connectivity index (χ0) is 16.2. The first kappa shape index (κ1) is 15.1. The average Bonchev–Trinajstić information content (AvgIpc) is 3.25. The number of benzene rings is 1. The van der Waals surface area contributed by atoms with Crippen molar-refractivity contribution < 1.29 is 18.7 Å². The van der Waals surface area contributed by atoms with Gasteiger partial charge in [-0.25, -0.2) is 4.98 Å². The molecule has 0 spiro atoms. The zero-order valence-corrected chi connectivity index (χ0v) is 13.3. The van der Waals surface area contributed by atoms with E-state index in [-0.39, 0.29) is 5.91 Å². The Balaban J connectivity index is 1.79. The molecule has 3 rings (SSSR count). The van der Waals surface area contributed by atoms with Crippen LogP contribution < -0.4 is 14.8 Å². The lowest BCUT2D eigenvalue weighted by molar-refractivity contribution is 0.102. The summed E-state index contributed by atoms with van der Waals surface area (Å²) in [4.78, 5) is 16.7. The van der Waals surface area contributed by atoms with E-state index in [0.29, 0.717) is 33.6 Å². The molecule has 0 saturated carbocycles. The fraction of sp³-hybridized carbons (Fsp3) is 0.125. The van der Waals surface area contributed by atoms with Crippen LogP contribution in [0.5, 0.6) is 11.5 Å². The van der Waals surface area contributed by atoms with Crippen molar-refractivity contribution in [2.45, 2.75) is 0 Å². The fourth-order valence-electron chi connectivity index (χ4n) is 1.98. The molecule has 118 valence electrons. The molecule has 23 heavy (non-hydrogen) atoms. The number of carbonyl (C=O) groups excluding carboxylic acids is 1. The summed E-state index contributed by atoms with van der Waals surface area (Å²) in [6, 6.07) is 8.58. The predicted octanol–water partition coefficient (Wildman–Crippen LogP) is 3.67. The SMILES string of the molecule is COc1cc(OC)cc(C(=O)Nc2nc(-c3ccco3)cs2)c1. The minimum Gasteiger partial charge on any atom is -0.497 e. The summed E-state index contributed by atoms with van der Waals surface area (Å²) < 4.78 is 15.6. The van der Waals surface area contributed by atoms with Gasteiger partial charge in [0.2, 0.25) is 0 Å². The van der Waals surface area contributed by atoms with Gasteiger partial charge in [-0.1, -0.05) is 0 Å². The van der Waals surface area contributed by atoms with Gasteiger partial charge in [-0.05, 0) is 24.3 Å². The Morgan fingerprint density at radius 1 is 1.22 bits per heavy atom. The molecule has 0 bridgehead atoms. The average molecular weight is 330 g/mol. The van der Waals surface area contributed by atoms with Gasteiger partial charge in [-0.3, -0.25) is 10.1 Å². The number of nitrogens with zero attached hydrogens (tertiary/aromatic N) is 1. The summed E-state index contributed by atoms with van der Waals surface area (Å²) in [5.41, 5.74) is 1.11. The number of methoxy groups -OCH3 is 2. The topological polar surface area (TPSA) is 73.6 Å². The first-order valence-corrected chi connectivity index (χ1v) is 7.61. The lowest BCUT2D eigenvalue weighted by Gasteiger charge is -2.08. The van der Waals surface area contributed by atoms with E-state index in [4.69, 9.17) is 13.9 Å². The van der Waals surface area contributed by atoms with Gasteiger partial charge in [0.15, 0.2) is 10.9 Å². The van der Waals surface area contributed by atoms with Crippen LogP contribution in [0.1, 0.15) is 10.4 Å². The molecule has 1 N–H and O–H groups in total. The van der Waals surface area contributed by atoms with Crippen molar-refractivity contribution in [2.24, 2.45) is 0 Å². The van der Waals surface area contributed by atoms with Crippen molar-refractivity contribution in [3.8, 4) is 23.0 Å². The lowest BCUT2D eigenvalue weighted by Crippen LogP contribution is -2.12. The summed E-state index contributed by atoms with van der Waals surface area (Å²) in [5, 5.41) is 5.07. The van der Waals surface area contributed by atoms with Crippen LogP contribution in [0, 0.1) is 0 Å². The van der Waals surface area contributed by atoms with E-state index in [0.717, 1.165) is 0 Å². The van der Waals surface area contributed by atoms with Gasteiger partial charge in [0.1, 0.15) is 17.2 Å². The Morgan fingerprint density at radius 3 is 2.57 bits per heavy atom. The molecular formula is C16H14N2O4S. The molecule has 0 unspecified atom stereocenters. The molecule has 1 aromatic carbocycles. The number of nitrogens with one attached hydrogen (secondary N) is 1. The van der Waals surface area contributed by atoms with Crippen molar-refractivity contribution in [1.82, 2.24) is 4.98 Å². The van der Waals surface area contributed by atoms with Gasteiger partial charge in [-0.2, -0.15) is 0 Å². The molecule has 2 aromatic heterocycles. The molecule has 3 aromatic rings. The van der Waals surface area contributed by atoms with Gasteiger partial charge < -0.3 is 13.9 Å². The summed E-state index contributed by atoms with van der Waals surface area (Å²) in [5.74, 6) is 1.46. The van der Waals surface area contributed by atoms with E-state index >= 15 is 0 Å². The predicted molar refractivity (Wildman–Crippen MR) is 87.3 cm³/mol. The van der Waals surface area contributed by atoms with Crippen LogP contribution in [0.3, 0.4) is 0 Å². The first-order valence-electron chi connectivity index (χ1n) is 6.73. The summed E-state index contributed by atoms with van der Waals surface area (Å²) in [6.45, 7) is 0. The van der Waals surface area contributed by atoms with Crippen LogP contribution in [0.25, 0.3) is 11.5 Å². The molecule has 1 amide bonds. The van der Waals surface area contributed by atoms with Crippen molar-refractivity contribution in [3.05, 3.63) is 47.5 Å². The molecule has 2 heterocycles. The molecule has 0 aliphatic rings. The Morgan fingerprint density at radius 2 is 1.96 bits per heavy atom. The minimum atomic E-state index is -0.289. The molecule has 0 atom stereocenters. The smallest absolute Gasteiger partial charge is 0.257 e. The number of aromatic nitrogens is 1. The number of thiazole rings is 1. The molecular weight excluding hydrogens is 316 g/mol. The van der Waals surface area contributed by atoms with E-state index in [1.54, 1.807) is 30.5 Å². The van der Waals surface area contributed by atoms with Crippen LogP contribution in [0.2, 0.25) is 0 Å². The number of furan rings is 1. The maximum Gasteiger partial charge on any atom is 0.257 e. The van der Waals surface area contributed by atoms with E-state index in [1.165, 1.54) is 25.6 Å². The van der Waals surface area contributed by atoms with Gasteiger partial charge in [0.25, 0.3) is 5.91 Å². The summed E-state index contributed by atoms with van der Waals surface area (Å²) >= 11 is 1.33. The zero-order valence-electron chi connectivity index (χ0n) is 12.5. The first-order chi connectivity index (χ1) is 11.2. The monoisotopic (exact) mass is 330 g/mol. The maximum atomic E-state index is 12.4. The van der Waals surface area contributed by atoms with Gasteiger partial charge in [0.05, 0.1) is 20.5 Å². The molecule has 0 aliphatic heterocycles. The van der Waals surface area contributed by atoms with Crippen molar-refractivity contribution in [2.75, 3.05) is 19.5 Å². The number of hydrogen-bond acceptors (Lipinski definition) is 6. The lowest BCUT2D eigenvalue weighted by atomic mass is 10.2. The highest BCUT2D eigenvalue weighted by Gasteiger charge is 2.13. The van der Waals surface area contributed by atoms with Crippen molar-refractivity contribution in [3.63, 3.8) is 0 Å². The quantitative estimate of drug-likeness (QED) is 0.772. The second-order valence-electron chi connectivity index (χ2n) is 4.57. The highest BCUT2D eigenvalue weighted by molar-refractivity contribution is 7.14. The number of rotatable bonds is 5. The van der Waals surface area contributed by atoms with Crippen LogP contribution in [-0.4, -0.2) is 25.1 Å². The Kier molecular flexibility index (Phi) is 4.29.